The van der Waals surface area contributed by atoms with Gasteiger partial charge in [0.15, 0.2) is 0 Å². The molecule has 0 radical (unpaired) electrons. The molecule has 0 saturated carbocycles. The molecule has 0 aromatic heterocycles. The van der Waals surface area contributed by atoms with Crippen molar-refractivity contribution in [3.05, 3.63) is 11.6 Å². The fourth-order valence-corrected chi connectivity index (χ4v) is 0.812. The lowest BCUT2D eigenvalue weighted by molar-refractivity contribution is -0.132. The second-order valence-corrected chi connectivity index (χ2v) is 2.19. The van der Waals surface area contributed by atoms with E-state index in [1.807, 2.05) is 13.8 Å². The van der Waals surface area contributed by atoms with Crippen molar-refractivity contribution in [3.63, 3.8) is 0 Å². The van der Waals surface area contributed by atoms with Crippen molar-refractivity contribution in [2.45, 2.75) is 33.1 Å². The lowest BCUT2D eigenvalue weighted by atomic mass is 10.1. The third-order valence-electron chi connectivity index (χ3n) is 1.24. The maximum Gasteiger partial charge on any atom is 0.331 e. The largest absolute Gasteiger partial charge is 0.478 e. The van der Waals surface area contributed by atoms with E-state index in [1.165, 1.54) is 0 Å². The van der Waals surface area contributed by atoms with Gasteiger partial charge >= 0.3 is 5.97 Å². The van der Waals surface area contributed by atoms with Crippen LogP contribution < -0.4 is 0 Å². The van der Waals surface area contributed by atoms with Crippen molar-refractivity contribution < 1.29 is 9.90 Å². The molecule has 0 rings (SSSR count). The number of aliphatic carboxylic acids is 1. The van der Waals surface area contributed by atoms with Crippen LogP contribution in [0.4, 0.5) is 0 Å². The first kappa shape index (κ1) is 13.1. The Morgan fingerprint density at radius 2 is 2.00 bits per heavy atom. The Bertz CT molecular complexity index is 141. The summed E-state index contributed by atoms with van der Waals surface area (Å²) in [6.45, 7) is 3.92. The standard InChI is InChI=1S/C8H14O2.ClH/c1-3-5-7(6-4-2)8(9)10;/h5H,3-4,6H2,1-2H3,(H,9,10);1H. The zero-order valence-electron chi connectivity index (χ0n) is 6.96. The molecule has 0 fully saturated rings. The van der Waals surface area contributed by atoms with Gasteiger partial charge in [-0.2, -0.15) is 0 Å². The SMILES string of the molecule is CCC=C(CCC)C(=O)O.Cl. The molecule has 0 unspecified atom stereocenters. The molecular weight excluding hydrogens is 164 g/mol. The summed E-state index contributed by atoms with van der Waals surface area (Å²) in [7, 11) is 0. The lowest BCUT2D eigenvalue weighted by Gasteiger charge is -1.96. The van der Waals surface area contributed by atoms with Crippen LogP contribution in [0.3, 0.4) is 0 Å². The molecule has 0 saturated heterocycles. The van der Waals surface area contributed by atoms with E-state index in [0.717, 1.165) is 12.8 Å². The molecule has 0 aromatic carbocycles. The number of halogens is 1. The Kier molecular flexibility index (Phi) is 9.07. The number of hydrogen-bond donors (Lipinski definition) is 1. The molecular formula is C8H15ClO2. The van der Waals surface area contributed by atoms with Gasteiger partial charge in [-0.05, 0) is 12.8 Å². The van der Waals surface area contributed by atoms with E-state index >= 15 is 0 Å². The van der Waals surface area contributed by atoms with Crippen LogP contribution in [0, 0.1) is 0 Å². The highest BCUT2D eigenvalue weighted by Crippen LogP contribution is 2.05. The van der Waals surface area contributed by atoms with Crippen LogP contribution in [0.1, 0.15) is 33.1 Å². The first-order valence-corrected chi connectivity index (χ1v) is 3.64. The van der Waals surface area contributed by atoms with Crippen LogP contribution >= 0.6 is 12.4 Å². The first-order chi connectivity index (χ1) is 4.72. The summed E-state index contributed by atoms with van der Waals surface area (Å²) >= 11 is 0. The summed E-state index contributed by atoms with van der Waals surface area (Å²) in [5.74, 6) is -0.774. The van der Waals surface area contributed by atoms with Crippen LogP contribution in [-0.4, -0.2) is 11.1 Å². The molecule has 0 aliphatic rings. The Morgan fingerprint density at radius 1 is 1.45 bits per heavy atom. The topological polar surface area (TPSA) is 37.3 Å². The average molecular weight is 179 g/mol. The van der Waals surface area contributed by atoms with Crippen LogP contribution in [0.25, 0.3) is 0 Å². The van der Waals surface area contributed by atoms with Gasteiger partial charge in [-0.1, -0.05) is 26.3 Å². The summed E-state index contributed by atoms with van der Waals surface area (Å²) in [6, 6.07) is 0. The van der Waals surface area contributed by atoms with Crippen molar-refractivity contribution in [1.29, 1.82) is 0 Å². The van der Waals surface area contributed by atoms with Crippen LogP contribution in [0.15, 0.2) is 11.6 Å². The highest BCUT2D eigenvalue weighted by Gasteiger charge is 2.02. The zero-order chi connectivity index (χ0) is 7.98. The summed E-state index contributed by atoms with van der Waals surface area (Å²) in [5, 5.41) is 8.57. The van der Waals surface area contributed by atoms with Crippen molar-refractivity contribution >= 4 is 18.4 Å². The molecule has 0 aromatic rings. The minimum atomic E-state index is -0.774. The minimum Gasteiger partial charge on any atom is -0.478 e. The third-order valence-corrected chi connectivity index (χ3v) is 1.24. The van der Waals surface area contributed by atoms with Gasteiger partial charge in [0.25, 0.3) is 0 Å². The fourth-order valence-electron chi connectivity index (χ4n) is 0.812. The van der Waals surface area contributed by atoms with E-state index < -0.39 is 5.97 Å². The minimum absolute atomic E-state index is 0. The molecule has 0 aliphatic heterocycles. The number of rotatable bonds is 4. The van der Waals surface area contributed by atoms with Gasteiger partial charge in [0, 0.05) is 5.57 Å². The molecule has 0 atom stereocenters. The van der Waals surface area contributed by atoms with E-state index in [9.17, 15) is 4.79 Å². The van der Waals surface area contributed by atoms with Crippen molar-refractivity contribution in [1.82, 2.24) is 0 Å². The average Bonchev–Trinajstić information content (AvgIpc) is 1.87. The quantitative estimate of drug-likeness (QED) is 0.672. The number of carbonyl (C=O) groups is 1. The molecule has 66 valence electrons. The monoisotopic (exact) mass is 178 g/mol. The van der Waals surface area contributed by atoms with Crippen LogP contribution in [0.5, 0.6) is 0 Å². The Balaban J connectivity index is 0. The van der Waals surface area contributed by atoms with Crippen molar-refractivity contribution in [2.75, 3.05) is 0 Å². The normalized spacial score (nSPS) is 10.5. The molecule has 0 amide bonds. The van der Waals surface area contributed by atoms with Crippen molar-refractivity contribution in [2.24, 2.45) is 0 Å². The molecule has 11 heavy (non-hydrogen) atoms. The van der Waals surface area contributed by atoms with Crippen molar-refractivity contribution in [3.8, 4) is 0 Å². The van der Waals surface area contributed by atoms with E-state index in [-0.39, 0.29) is 12.4 Å². The Morgan fingerprint density at radius 3 is 2.27 bits per heavy atom. The van der Waals surface area contributed by atoms with E-state index in [4.69, 9.17) is 5.11 Å². The number of allylic oxidation sites excluding steroid dienone is 1. The maximum atomic E-state index is 10.4. The van der Waals surface area contributed by atoms with Crippen LogP contribution in [0.2, 0.25) is 0 Å². The summed E-state index contributed by atoms with van der Waals surface area (Å²) in [4.78, 5) is 10.4. The van der Waals surface area contributed by atoms with E-state index in [1.54, 1.807) is 6.08 Å². The highest BCUT2D eigenvalue weighted by molar-refractivity contribution is 5.86. The summed E-state index contributed by atoms with van der Waals surface area (Å²) in [5.41, 5.74) is 0.546. The van der Waals surface area contributed by atoms with Gasteiger partial charge < -0.3 is 5.11 Å². The third kappa shape index (κ3) is 5.92. The molecule has 2 nitrogen and oxygen atoms in total. The van der Waals surface area contributed by atoms with Gasteiger partial charge in [-0.3, -0.25) is 0 Å². The maximum absolute atomic E-state index is 10.4. The van der Waals surface area contributed by atoms with E-state index in [2.05, 4.69) is 0 Å². The molecule has 0 heterocycles. The summed E-state index contributed by atoms with van der Waals surface area (Å²) in [6.07, 6.45) is 4.16. The second kappa shape index (κ2) is 7.61. The predicted octanol–water partition coefficient (Wildman–Crippen LogP) is 2.63. The summed E-state index contributed by atoms with van der Waals surface area (Å²) < 4.78 is 0. The Hall–Kier alpha value is -0.500. The smallest absolute Gasteiger partial charge is 0.331 e. The molecule has 1 N–H and O–H groups in total. The van der Waals surface area contributed by atoms with Crippen LogP contribution in [-0.2, 0) is 4.79 Å². The number of carboxylic acids is 1. The van der Waals surface area contributed by atoms with Gasteiger partial charge in [-0.15, -0.1) is 12.4 Å². The lowest BCUT2D eigenvalue weighted by Crippen LogP contribution is -1.99. The predicted molar refractivity (Wildman–Crippen MR) is 48.2 cm³/mol. The fraction of sp³-hybridized carbons (Fsp3) is 0.625. The van der Waals surface area contributed by atoms with Gasteiger partial charge in [0.1, 0.15) is 0 Å². The molecule has 3 heteroatoms. The van der Waals surface area contributed by atoms with E-state index in [0.29, 0.717) is 12.0 Å². The highest BCUT2D eigenvalue weighted by atomic mass is 35.5. The number of hydrogen-bond acceptors (Lipinski definition) is 1. The number of carboxylic acid groups (broad SMARTS) is 1. The first-order valence-electron chi connectivity index (χ1n) is 3.64. The zero-order valence-corrected chi connectivity index (χ0v) is 7.78. The van der Waals surface area contributed by atoms with Gasteiger partial charge in [0.05, 0.1) is 0 Å². The second-order valence-electron chi connectivity index (χ2n) is 2.19. The van der Waals surface area contributed by atoms with Gasteiger partial charge in [0.2, 0.25) is 0 Å². The molecule has 0 bridgehead atoms. The molecule has 0 spiro atoms. The molecule has 0 aliphatic carbocycles. The van der Waals surface area contributed by atoms with Gasteiger partial charge in [-0.25, -0.2) is 4.79 Å². The Labute approximate surface area is 73.7 Å².